The molecule has 0 saturated carbocycles. The molecule has 5 heteroatoms. The molecule has 0 aliphatic carbocycles. The predicted molar refractivity (Wildman–Crippen MR) is 66.7 cm³/mol. The van der Waals surface area contributed by atoms with Gasteiger partial charge in [0.2, 0.25) is 0 Å². The van der Waals surface area contributed by atoms with Crippen molar-refractivity contribution in [2.45, 2.75) is 40.5 Å². The van der Waals surface area contributed by atoms with Crippen molar-refractivity contribution in [3.63, 3.8) is 0 Å². The van der Waals surface area contributed by atoms with E-state index in [0.717, 1.165) is 12.8 Å². The summed E-state index contributed by atoms with van der Waals surface area (Å²) < 4.78 is 0. The van der Waals surface area contributed by atoms with Gasteiger partial charge in [0.15, 0.2) is 11.6 Å². The van der Waals surface area contributed by atoms with Crippen LogP contribution in [0.15, 0.2) is 0 Å². The van der Waals surface area contributed by atoms with Crippen LogP contribution in [0.5, 0.6) is 0 Å². The molecule has 104 valence electrons. The Labute approximate surface area is 103 Å². The molecule has 0 atom stereocenters. The number of aliphatic hydroxyl groups is 3. The zero-order chi connectivity index (χ0) is 14.3. The molecule has 0 amide bonds. The van der Waals surface area contributed by atoms with Gasteiger partial charge in [0.05, 0.1) is 0 Å². The van der Waals surface area contributed by atoms with E-state index in [4.69, 9.17) is 15.3 Å². The van der Waals surface area contributed by atoms with Crippen molar-refractivity contribution in [2.24, 2.45) is 5.92 Å². The molecule has 0 aliphatic heterocycles. The first-order chi connectivity index (χ1) is 7.89. The Hall–Kier alpha value is -0.780. The van der Waals surface area contributed by atoms with Gasteiger partial charge in [0.25, 0.3) is 0 Å². The van der Waals surface area contributed by atoms with Crippen LogP contribution >= 0.6 is 0 Å². The zero-order valence-electron chi connectivity index (χ0n) is 11.3. The highest BCUT2D eigenvalue weighted by molar-refractivity contribution is 5.76. The highest BCUT2D eigenvalue weighted by atomic mass is 16.3. The van der Waals surface area contributed by atoms with Gasteiger partial charge in [-0.25, -0.2) is 0 Å². The van der Waals surface area contributed by atoms with Crippen molar-refractivity contribution in [3.05, 3.63) is 0 Å². The molecule has 0 heterocycles. The number of rotatable bonds is 5. The molecule has 0 aromatic carbocycles. The number of ketones is 2. The van der Waals surface area contributed by atoms with E-state index < -0.39 is 0 Å². The van der Waals surface area contributed by atoms with Gasteiger partial charge in [-0.15, -0.1) is 0 Å². The maximum atomic E-state index is 9.56. The van der Waals surface area contributed by atoms with Crippen LogP contribution < -0.4 is 0 Å². The monoisotopic (exact) mass is 250 g/mol. The molecule has 0 saturated heterocycles. The zero-order valence-corrected chi connectivity index (χ0v) is 11.3. The average Bonchev–Trinajstić information content (AvgIpc) is 2.32. The lowest BCUT2D eigenvalue weighted by atomic mass is 10.1. The molecule has 0 rings (SSSR count). The molecule has 3 N–H and O–H groups in total. The van der Waals surface area contributed by atoms with Crippen LogP contribution in [0.3, 0.4) is 0 Å². The number of aliphatic hydroxyl groups excluding tert-OH is 3. The van der Waals surface area contributed by atoms with Crippen LogP contribution in [0.2, 0.25) is 0 Å². The van der Waals surface area contributed by atoms with E-state index >= 15 is 0 Å². The topological polar surface area (TPSA) is 94.8 Å². The van der Waals surface area contributed by atoms with E-state index in [1.54, 1.807) is 0 Å². The SMILES string of the molecule is CC(=O)CO.CC(=O)CO.CCC(CC)CO. The Bertz CT molecular complexity index is 156. The Morgan fingerprint density at radius 2 is 1.12 bits per heavy atom. The first-order valence-corrected chi connectivity index (χ1v) is 5.70. The second kappa shape index (κ2) is 17.6. The second-order valence-electron chi connectivity index (χ2n) is 3.59. The van der Waals surface area contributed by atoms with Gasteiger partial charge in [-0.1, -0.05) is 26.7 Å². The smallest absolute Gasteiger partial charge is 0.155 e. The van der Waals surface area contributed by atoms with Gasteiger partial charge in [0, 0.05) is 6.61 Å². The number of carbonyl (C=O) groups excluding carboxylic acids is 2. The lowest BCUT2D eigenvalue weighted by Crippen LogP contribution is -2.01. The summed E-state index contributed by atoms with van der Waals surface area (Å²) in [6, 6.07) is 0. The third kappa shape index (κ3) is 31.3. The molecule has 0 radical (unpaired) electrons. The molecule has 0 fully saturated rings. The first-order valence-electron chi connectivity index (χ1n) is 5.70. The quantitative estimate of drug-likeness (QED) is 0.662. The maximum absolute atomic E-state index is 9.56. The van der Waals surface area contributed by atoms with E-state index in [9.17, 15) is 9.59 Å². The number of hydrogen-bond donors (Lipinski definition) is 3. The first kappa shape index (κ1) is 21.5. The van der Waals surface area contributed by atoms with E-state index in [-0.39, 0.29) is 24.8 Å². The summed E-state index contributed by atoms with van der Waals surface area (Å²) in [6.45, 7) is 6.56. The molecule has 0 unspecified atom stereocenters. The average molecular weight is 250 g/mol. The predicted octanol–water partition coefficient (Wildman–Crippen LogP) is 0.550. The highest BCUT2D eigenvalue weighted by Gasteiger charge is 1.97. The molecule has 0 aromatic heterocycles. The Balaban J connectivity index is -0.000000177. The van der Waals surface area contributed by atoms with Crippen molar-refractivity contribution >= 4 is 11.6 Å². The molecular formula is C12H26O5. The minimum atomic E-state index is -0.333. The summed E-state index contributed by atoms with van der Waals surface area (Å²) in [4.78, 5) is 19.1. The van der Waals surface area contributed by atoms with Crippen molar-refractivity contribution < 1.29 is 24.9 Å². The van der Waals surface area contributed by atoms with Crippen LogP contribution in [-0.4, -0.2) is 46.7 Å². The Kier molecular flexibility index (Phi) is 22.3. The van der Waals surface area contributed by atoms with Crippen LogP contribution in [0.4, 0.5) is 0 Å². The van der Waals surface area contributed by atoms with E-state index in [1.807, 2.05) is 0 Å². The van der Waals surface area contributed by atoms with Crippen molar-refractivity contribution in [1.82, 2.24) is 0 Å². The Morgan fingerprint density at radius 3 is 1.12 bits per heavy atom. The van der Waals surface area contributed by atoms with Gasteiger partial charge < -0.3 is 15.3 Å². The standard InChI is InChI=1S/C6H14O.2C3H6O2/c1-3-6(4-2)5-7;2*1-3(5)2-4/h6-7H,3-5H2,1-2H3;2*4H,2H2,1H3. The van der Waals surface area contributed by atoms with Crippen LogP contribution in [0, 0.1) is 5.92 Å². The molecule has 5 nitrogen and oxygen atoms in total. The van der Waals surface area contributed by atoms with Gasteiger partial charge in [-0.3, -0.25) is 9.59 Å². The van der Waals surface area contributed by atoms with Crippen molar-refractivity contribution in [1.29, 1.82) is 0 Å². The molecular weight excluding hydrogens is 224 g/mol. The van der Waals surface area contributed by atoms with Gasteiger partial charge >= 0.3 is 0 Å². The number of hydrogen-bond acceptors (Lipinski definition) is 5. The van der Waals surface area contributed by atoms with Gasteiger partial charge in [0.1, 0.15) is 13.2 Å². The molecule has 0 aromatic rings. The van der Waals surface area contributed by atoms with Crippen LogP contribution in [0.1, 0.15) is 40.5 Å². The molecule has 0 bridgehead atoms. The normalized spacial score (nSPS) is 8.71. The third-order valence-electron chi connectivity index (χ3n) is 1.86. The summed E-state index contributed by atoms with van der Waals surface area (Å²) in [6.07, 6.45) is 2.21. The minimum Gasteiger partial charge on any atom is -0.396 e. The number of Topliss-reactive ketones (excluding diaryl/α,β-unsaturated/α-hetero) is 2. The van der Waals surface area contributed by atoms with Crippen molar-refractivity contribution in [2.75, 3.05) is 19.8 Å². The second-order valence-corrected chi connectivity index (χ2v) is 3.59. The summed E-state index contributed by atoms with van der Waals surface area (Å²) >= 11 is 0. The summed E-state index contributed by atoms with van der Waals surface area (Å²) in [5.41, 5.74) is 0. The van der Waals surface area contributed by atoms with Crippen molar-refractivity contribution in [3.8, 4) is 0 Å². The van der Waals surface area contributed by atoms with E-state index in [2.05, 4.69) is 13.8 Å². The molecule has 0 spiro atoms. The van der Waals surface area contributed by atoms with Crippen LogP contribution in [0.25, 0.3) is 0 Å². The fraction of sp³-hybridized carbons (Fsp3) is 0.833. The summed E-state index contributed by atoms with van der Waals surface area (Å²) in [5.74, 6) is 0.162. The minimum absolute atomic E-state index is 0.190. The molecule has 17 heavy (non-hydrogen) atoms. The summed E-state index contributed by atoms with van der Waals surface area (Å²) in [5, 5.41) is 24.1. The molecule has 0 aliphatic rings. The lowest BCUT2D eigenvalue weighted by Gasteiger charge is -2.04. The largest absolute Gasteiger partial charge is 0.396 e. The van der Waals surface area contributed by atoms with E-state index in [0.29, 0.717) is 12.5 Å². The highest BCUT2D eigenvalue weighted by Crippen LogP contribution is 2.03. The lowest BCUT2D eigenvalue weighted by molar-refractivity contribution is -0.120. The number of carbonyl (C=O) groups is 2. The fourth-order valence-electron chi connectivity index (χ4n) is 0.547. The van der Waals surface area contributed by atoms with Gasteiger partial charge in [-0.2, -0.15) is 0 Å². The van der Waals surface area contributed by atoms with Gasteiger partial charge in [-0.05, 0) is 19.8 Å². The third-order valence-corrected chi connectivity index (χ3v) is 1.86. The maximum Gasteiger partial charge on any atom is 0.155 e. The summed E-state index contributed by atoms with van der Waals surface area (Å²) in [7, 11) is 0. The van der Waals surface area contributed by atoms with Crippen LogP contribution in [-0.2, 0) is 9.59 Å². The Morgan fingerprint density at radius 1 is 0.882 bits per heavy atom. The van der Waals surface area contributed by atoms with E-state index in [1.165, 1.54) is 13.8 Å². The fourth-order valence-corrected chi connectivity index (χ4v) is 0.547.